The van der Waals surface area contributed by atoms with Crippen molar-refractivity contribution in [1.82, 2.24) is 9.78 Å². The maximum Gasteiger partial charge on any atom is 0.107 e. The third-order valence-electron chi connectivity index (χ3n) is 4.65. The van der Waals surface area contributed by atoms with E-state index in [4.69, 9.17) is 5.73 Å². The second-order valence-electron chi connectivity index (χ2n) is 5.76. The molecule has 4 nitrogen and oxygen atoms in total. The number of hydrogen-bond donors (Lipinski definition) is 1. The van der Waals surface area contributed by atoms with Crippen LogP contribution in [0.5, 0.6) is 0 Å². The molecule has 0 radical (unpaired) electrons. The van der Waals surface area contributed by atoms with Crippen molar-refractivity contribution in [2.75, 3.05) is 0 Å². The topological polar surface area (TPSA) is 67.6 Å². The van der Waals surface area contributed by atoms with Gasteiger partial charge in [0.15, 0.2) is 0 Å². The van der Waals surface area contributed by atoms with E-state index >= 15 is 0 Å². The van der Waals surface area contributed by atoms with Gasteiger partial charge in [-0.25, -0.2) is 0 Å². The van der Waals surface area contributed by atoms with Gasteiger partial charge in [-0.15, -0.1) is 0 Å². The summed E-state index contributed by atoms with van der Waals surface area (Å²) in [6.07, 6.45) is 4.97. The number of aryl methyl sites for hydroxylation is 2. The standard InChI is InChI=1S/C15H24N4/c1-4-14-11(2)18-19(12(14)3)9-7-13-6-5-8-15(13,17)10-16/h13H,4-9,17H2,1-3H3. The van der Waals surface area contributed by atoms with Crippen molar-refractivity contribution in [1.29, 1.82) is 5.26 Å². The molecule has 4 heteroatoms. The van der Waals surface area contributed by atoms with Crippen LogP contribution in [0.1, 0.15) is 49.6 Å². The zero-order valence-corrected chi connectivity index (χ0v) is 12.2. The molecule has 1 aliphatic carbocycles. The van der Waals surface area contributed by atoms with Crippen molar-refractivity contribution >= 4 is 0 Å². The molecule has 0 aliphatic heterocycles. The van der Waals surface area contributed by atoms with Crippen LogP contribution in [0.25, 0.3) is 0 Å². The number of nitrogens with two attached hydrogens (primary N) is 1. The Kier molecular flexibility index (Phi) is 3.96. The molecule has 0 saturated heterocycles. The highest BCUT2D eigenvalue weighted by Gasteiger charge is 2.39. The molecule has 0 bridgehead atoms. The highest BCUT2D eigenvalue weighted by molar-refractivity contribution is 5.24. The Balaban J connectivity index is 2.06. The van der Waals surface area contributed by atoms with E-state index in [9.17, 15) is 5.26 Å². The van der Waals surface area contributed by atoms with Crippen LogP contribution in [0.15, 0.2) is 0 Å². The summed E-state index contributed by atoms with van der Waals surface area (Å²) in [5.41, 5.74) is 9.31. The number of rotatable bonds is 4. The summed E-state index contributed by atoms with van der Waals surface area (Å²) in [5, 5.41) is 13.8. The summed E-state index contributed by atoms with van der Waals surface area (Å²) in [7, 11) is 0. The molecule has 1 aliphatic rings. The van der Waals surface area contributed by atoms with Crippen molar-refractivity contribution in [3.63, 3.8) is 0 Å². The Bertz CT molecular complexity index is 497. The smallest absolute Gasteiger partial charge is 0.107 e. The molecule has 104 valence electrons. The molecule has 0 aromatic carbocycles. The minimum atomic E-state index is -0.607. The lowest BCUT2D eigenvalue weighted by molar-refractivity contribution is 0.344. The molecule has 1 aromatic heterocycles. The van der Waals surface area contributed by atoms with Crippen molar-refractivity contribution in [3.8, 4) is 6.07 Å². The van der Waals surface area contributed by atoms with E-state index < -0.39 is 5.54 Å². The highest BCUT2D eigenvalue weighted by atomic mass is 15.3. The molecular weight excluding hydrogens is 236 g/mol. The fourth-order valence-electron chi connectivity index (χ4n) is 3.39. The lowest BCUT2D eigenvalue weighted by Crippen LogP contribution is -2.42. The van der Waals surface area contributed by atoms with Gasteiger partial charge in [0.2, 0.25) is 0 Å². The summed E-state index contributed by atoms with van der Waals surface area (Å²) >= 11 is 0. The Labute approximate surface area is 115 Å². The molecule has 2 rings (SSSR count). The highest BCUT2D eigenvalue weighted by Crippen LogP contribution is 2.35. The molecule has 19 heavy (non-hydrogen) atoms. The third-order valence-corrected chi connectivity index (χ3v) is 4.65. The Morgan fingerprint density at radius 2 is 2.26 bits per heavy atom. The van der Waals surface area contributed by atoms with Gasteiger partial charge in [-0.1, -0.05) is 13.3 Å². The van der Waals surface area contributed by atoms with Crippen LogP contribution < -0.4 is 5.73 Å². The second kappa shape index (κ2) is 5.34. The van der Waals surface area contributed by atoms with Crippen molar-refractivity contribution in [2.24, 2.45) is 11.7 Å². The SMILES string of the molecule is CCc1c(C)nn(CCC2CCCC2(N)C#N)c1C. The maximum absolute atomic E-state index is 9.24. The molecule has 1 fully saturated rings. The fraction of sp³-hybridized carbons (Fsp3) is 0.733. The minimum absolute atomic E-state index is 0.312. The van der Waals surface area contributed by atoms with Gasteiger partial charge in [-0.05, 0) is 51.0 Å². The van der Waals surface area contributed by atoms with Crippen LogP contribution in [0.3, 0.4) is 0 Å². The lowest BCUT2D eigenvalue weighted by atomic mass is 9.87. The summed E-state index contributed by atoms with van der Waals surface area (Å²) in [4.78, 5) is 0. The van der Waals surface area contributed by atoms with E-state index in [1.54, 1.807) is 0 Å². The van der Waals surface area contributed by atoms with Gasteiger partial charge < -0.3 is 5.73 Å². The van der Waals surface area contributed by atoms with Crippen molar-refractivity contribution < 1.29 is 0 Å². The van der Waals surface area contributed by atoms with Gasteiger partial charge >= 0.3 is 0 Å². The summed E-state index contributed by atoms with van der Waals surface area (Å²) < 4.78 is 2.09. The maximum atomic E-state index is 9.24. The van der Waals surface area contributed by atoms with E-state index in [0.29, 0.717) is 5.92 Å². The van der Waals surface area contributed by atoms with Gasteiger partial charge in [0, 0.05) is 12.2 Å². The average molecular weight is 260 g/mol. The van der Waals surface area contributed by atoms with Gasteiger partial charge in [0.25, 0.3) is 0 Å². The quantitative estimate of drug-likeness (QED) is 0.904. The molecule has 0 spiro atoms. The van der Waals surface area contributed by atoms with Crippen molar-refractivity contribution in [3.05, 3.63) is 17.0 Å². The zero-order chi connectivity index (χ0) is 14.0. The average Bonchev–Trinajstić information content (AvgIpc) is 2.89. The van der Waals surface area contributed by atoms with E-state index in [2.05, 4.69) is 36.6 Å². The Morgan fingerprint density at radius 1 is 1.53 bits per heavy atom. The molecule has 0 amide bonds. The van der Waals surface area contributed by atoms with Crippen LogP contribution in [0, 0.1) is 31.1 Å². The number of hydrogen-bond acceptors (Lipinski definition) is 3. The van der Waals surface area contributed by atoms with Gasteiger partial charge in [0.05, 0.1) is 11.8 Å². The second-order valence-corrected chi connectivity index (χ2v) is 5.76. The fourth-order valence-corrected chi connectivity index (χ4v) is 3.39. The van der Waals surface area contributed by atoms with Crippen LogP contribution in [0.4, 0.5) is 0 Å². The third kappa shape index (κ3) is 2.52. The molecule has 1 aromatic rings. The Morgan fingerprint density at radius 3 is 2.84 bits per heavy atom. The largest absolute Gasteiger partial charge is 0.313 e. The van der Waals surface area contributed by atoms with E-state index in [-0.39, 0.29) is 0 Å². The number of aromatic nitrogens is 2. The predicted octanol–water partition coefficient (Wildman–Crippen LogP) is 2.47. The van der Waals surface area contributed by atoms with Gasteiger partial charge in [0.1, 0.15) is 5.54 Å². The normalized spacial score (nSPS) is 26.6. The summed E-state index contributed by atoms with van der Waals surface area (Å²) in [6.45, 7) is 7.24. The molecule has 1 saturated carbocycles. The zero-order valence-electron chi connectivity index (χ0n) is 12.2. The van der Waals surface area contributed by atoms with Crippen LogP contribution in [-0.2, 0) is 13.0 Å². The first-order valence-electron chi connectivity index (χ1n) is 7.25. The van der Waals surface area contributed by atoms with E-state index in [0.717, 1.165) is 44.3 Å². The van der Waals surface area contributed by atoms with Crippen LogP contribution in [0.2, 0.25) is 0 Å². The van der Waals surface area contributed by atoms with Gasteiger partial charge in [-0.3, -0.25) is 4.68 Å². The molecule has 2 N–H and O–H groups in total. The first-order valence-corrected chi connectivity index (χ1v) is 7.25. The first kappa shape index (κ1) is 14.1. The molecular formula is C15H24N4. The number of nitriles is 1. The summed E-state index contributed by atoms with van der Waals surface area (Å²) in [6, 6.07) is 2.32. The van der Waals surface area contributed by atoms with E-state index in [1.807, 2.05) is 0 Å². The van der Waals surface area contributed by atoms with Crippen molar-refractivity contribution in [2.45, 2.75) is 65.0 Å². The Hall–Kier alpha value is -1.34. The van der Waals surface area contributed by atoms with Gasteiger partial charge in [-0.2, -0.15) is 10.4 Å². The van der Waals surface area contributed by atoms with Crippen LogP contribution >= 0.6 is 0 Å². The molecule has 1 heterocycles. The van der Waals surface area contributed by atoms with Crippen LogP contribution in [-0.4, -0.2) is 15.3 Å². The monoisotopic (exact) mass is 260 g/mol. The first-order chi connectivity index (χ1) is 9.01. The van der Waals surface area contributed by atoms with E-state index in [1.165, 1.54) is 11.3 Å². The lowest BCUT2D eigenvalue weighted by Gasteiger charge is -2.23. The molecule has 2 atom stereocenters. The minimum Gasteiger partial charge on any atom is -0.313 e. The number of nitrogens with zero attached hydrogens (tertiary/aromatic N) is 3. The summed E-state index contributed by atoms with van der Waals surface area (Å²) in [5.74, 6) is 0.312. The molecule has 2 unspecified atom stereocenters. The predicted molar refractivity (Wildman–Crippen MR) is 75.6 cm³/mol.